The summed E-state index contributed by atoms with van der Waals surface area (Å²) in [4.78, 5) is 24.0. The molecule has 0 saturated carbocycles. The Bertz CT molecular complexity index is 654. The van der Waals surface area contributed by atoms with Crippen molar-refractivity contribution in [1.29, 1.82) is 0 Å². The minimum Gasteiger partial charge on any atom is -0.465 e. The molecule has 1 heterocycles. The van der Waals surface area contributed by atoms with Gasteiger partial charge in [0, 0.05) is 16.0 Å². The van der Waals surface area contributed by atoms with Crippen molar-refractivity contribution < 1.29 is 14.0 Å². The number of hydrazine groups is 1. The predicted octanol–water partition coefficient (Wildman–Crippen LogP) is 2.89. The zero-order valence-electron chi connectivity index (χ0n) is 11.4. The van der Waals surface area contributed by atoms with E-state index in [1.807, 2.05) is 12.1 Å². The van der Waals surface area contributed by atoms with Gasteiger partial charge in [-0.25, -0.2) is 0 Å². The maximum Gasteiger partial charge on any atom is 0.262 e. The Morgan fingerprint density at radius 1 is 1.18 bits per heavy atom. The number of carbonyl (C=O) groups is 2. The summed E-state index contributed by atoms with van der Waals surface area (Å²) in [5, 5.41) is 0.643. The van der Waals surface area contributed by atoms with Crippen LogP contribution in [0.25, 0.3) is 6.08 Å². The first kappa shape index (κ1) is 16.2. The highest BCUT2D eigenvalue weighted by molar-refractivity contribution is 8.00. The molecule has 0 aliphatic carbocycles. The van der Waals surface area contributed by atoms with Gasteiger partial charge in [-0.2, -0.15) is 0 Å². The second kappa shape index (κ2) is 8.31. The van der Waals surface area contributed by atoms with E-state index < -0.39 is 5.91 Å². The first-order chi connectivity index (χ1) is 10.6. The van der Waals surface area contributed by atoms with Gasteiger partial charge in [0.1, 0.15) is 5.76 Å². The molecule has 0 bridgehead atoms. The molecule has 5 nitrogen and oxygen atoms in total. The number of rotatable bonds is 5. The van der Waals surface area contributed by atoms with E-state index in [2.05, 4.69) is 10.9 Å². The van der Waals surface area contributed by atoms with Gasteiger partial charge in [-0.1, -0.05) is 11.6 Å². The molecular formula is C15H13ClN2O3S. The van der Waals surface area contributed by atoms with Crippen LogP contribution < -0.4 is 10.9 Å². The number of carbonyl (C=O) groups excluding carboxylic acids is 2. The van der Waals surface area contributed by atoms with Crippen LogP contribution in [-0.4, -0.2) is 17.6 Å². The van der Waals surface area contributed by atoms with Crippen LogP contribution >= 0.6 is 23.4 Å². The van der Waals surface area contributed by atoms with Crippen LogP contribution in [0.1, 0.15) is 5.76 Å². The second-order valence-electron chi connectivity index (χ2n) is 4.13. The summed E-state index contributed by atoms with van der Waals surface area (Å²) in [6.07, 6.45) is 4.28. The number of halogens is 1. The highest BCUT2D eigenvalue weighted by atomic mass is 35.5. The summed E-state index contributed by atoms with van der Waals surface area (Å²) < 4.78 is 5.04. The first-order valence-corrected chi connectivity index (χ1v) is 7.68. The Kier molecular flexibility index (Phi) is 6.12. The molecule has 1 aromatic heterocycles. The second-order valence-corrected chi connectivity index (χ2v) is 5.61. The molecule has 2 amide bonds. The third kappa shape index (κ3) is 5.67. The molecule has 0 fully saturated rings. The predicted molar refractivity (Wildman–Crippen MR) is 86.2 cm³/mol. The molecule has 0 saturated heterocycles. The molecule has 0 unspecified atom stereocenters. The molecule has 0 aliphatic heterocycles. The zero-order chi connectivity index (χ0) is 15.8. The molecule has 0 radical (unpaired) electrons. The van der Waals surface area contributed by atoms with Crippen LogP contribution in [0.5, 0.6) is 0 Å². The van der Waals surface area contributed by atoms with Gasteiger partial charge in [-0.15, -0.1) is 11.8 Å². The smallest absolute Gasteiger partial charge is 0.262 e. The lowest BCUT2D eigenvalue weighted by molar-refractivity contribution is -0.125. The number of amides is 2. The summed E-state index contributed by atoms with van der Waals surface area (Å²) in [6, 6.07) is 10.6. The third-order valence-corrected chi connectivity index (χ3v) is 3.71. The number of furan rings is 1. The standard InChI is InChI=1S/C15H13ClN2O3S/c16-11-3-6-13(7-4-11)22-10-15(20)18-17-14(19)8-5-12-2-1-9-21-12/h1-9H,10H2,(H,17,19)(H,18,20)/b8-5+. The number of hydrogen-bond donors (Lipinski definition) is 2. The van der Waals surface area contributed by atoms with Gasteiger partial charge in [-0.05, 0) is 42.5 Å². The molecule has 0 aliphatic rings. The van der Waals surface area contributed by atoms with Crippen LogP contribution in [0.15, 0.2) is 58.1 Å². The fraction of sp³-hybridized carbons (Fsp3) is 0.0667. The molecule has 2 aromatic rings. The summed E-state index contributed by atoms with van der Waals surface area (Å²) in [7, 11) is 0. The molecule has 114 valence electrons. The van der Waals surface area contributed by atoms with Crippen LogP contribution in [0.3, 0.4) is 0 Å². The lowest BCUT2D eigenvalue weighted by Crippen LogP contribution is -2.41. The van der Waals surface area contributed by atoms with E-state index in [9.17, 15) is 9.59 Å². The minimum absolute atomic E-state index is 0.184. The number of thioether (sulfide) groups is 1. The van der Waals surface area contributed by atoms with Crippen LogP contribution in [-0.2, 0) is 9.59 Å². The Morgan fingerprint density at radius 3 is 2.64 bits per heavy atom. The highest BCUT2D eigenvalue weighted by Crippen LogP contribution is 2.19. The fourth-order valence-corrected chi connectivity index (χ4v) is 2.26. The first-order valence-electron chi connectivity index (χ1n) is 6.32. The molecule has 1 aromatic carbocycles. The lowest BCUT2D eigenvalue weighted by Gasteiger charge is -2.05. The maximum absolute atomic E-state index is 11.6. The lowest BCUT2D eigenvalue weighted by atomic mass is 10.4. The normalized spacial score (nSPS) is 10.6. The Labute approximate surface area is 136 Å². The fourth-order valence-electron chi connectivity index (χ4n) is 1.43. The van der Waals surface area contributed by atoms with Crippen LogP contribution in [0, 0.1) is 0 Å². The summed E-state index contributed by atoms with van der Waals surface area (Å²) in [5.74, 6) is -0.00945. The van der Waals surface area contributed by atoms with Crippen molar-refractivity contribution >= 4 is 41.3 Å². The van der Waals surface area contributed by atoms with Crippen molar-refractivity contribution in [2.24, 2.45) is 0 Å². The summed E-state index contributed by atoms with van der Waals surface area (Å²) >= 11 is 7.12. The van der Waals surface area contributed by atoms with Crippen molar-refractivity contribution in [3.8, 4) is 0 Å². The van der Waals surface area contributed by atoms with E-state index in [1.54, 1.807) is 24.3 Å². The Balaban J connectivity index is 1.68. The largest absolute Gasteiger partial charge is 0.465 e. The van der Waals surface area contributed by atoms with Crippen LogP contribution in [0.2, 0.25) is 5.02 Å². The average molecular weight is 337 g/mol. The molecule has 2 N–H and O–H groups in total. The zero-order valence-corrected chi connectivity index (χ0v) is 13.0. The molecule has 0 spiro atoms. The van der Waals surface area contributed by atoms with Gasteiger partial charge in [0.2, 0.25) is 5.91 Å². The molecule has 7 heteroatoms. The van der Waals surface area contributed by atoms with Gasteiger partial charge in [0.05, 0.1) is 12.0 Å². The number of benzene rings is 1. The van der Waals surface area contributed by atoms with Gasteiger partial charge < -0.3 is 4.42 Å². The van der Waals surface area contributed by atoms with Gasteiger partial charge >= 0.3 is 0 Å². The molecule has 0 atom stereocenters. The Morgan fingerprint density at radius 2 is 1.95 bits per heavy atom. The van der Waals surface area contributed by atoms with E-state index in [4.69, 9.17) is 16.0 Å². The third-order valence-electron chi connectivity index (χ3n) is 2.45. The highest BCUT2D eigenvalue weighted by Gasteiger charge is 2.04. The van der Waals surface area contributed by atoms with E-state index in [0.717, 1.165) is 4.90 Å². The van der Waals surface area contributed by atoms with E-state index in [1.165, 1.54) is 30.2 Å². The van der Waals surface area contributed by atoms with E-state index in [0.29, 0.717) is 10.8 Å². The van der Waals surface area contributed by atoms with Crippen molar-refractivity contribution in [3.05, 3.63) is 59.5 Å². The topological polar surface area (TPSA) is 71.3 Å². The SMILES string of the molecule is O=C(/C=C/c1ccco1)NNC(=O)CSc1ccc(Cl)cc1. The van der Waals surface area contributed by atoms with Crippen LogP contribution in [0.4, 0.5) is 0 Å². The number of hydrogen-bond acceptors (Lipinski definition) is 4. The van der Waals surface area contributed by atoms with Crippen molar-refractivity contribution in [2.45, 2.75) is 4.90 Å². The molecular weight excluding hydrogens is 324 g/mol. The maximum atomic E-state index is 11.6. The monoisotopic (exact) mass is 336 g/mol. The molecule has 2 rings (SSSR count). The molecule has 22 heavy (non-hydrogen) atoms. The summed E-state index contributed by atoms with van der Waals surface area (Å²) in [5.41, 5.74) is 4.62. The summed E-state index contributed by atoms with van der Waals surface area (Å²) in [6.45, 7) is 0. The van der Waals surface area contributed by atoms with Crippen molar-refractivity contribution in [2.75, 3.05) is 5.75 Å². The average Bonchev–Trinajstić information content (AvgIpc) is 3.04. The van der Waals surface area contributed by atoms with Crippen molar-refractivity contribution in [3.63, 3.8) is 0 Å². The Hall–Kier alpha value is -2.18. The van der Waals surface area contributed by atoms with E-state index in [-0.39, 0.29) is 11.7 Å². The van der Waals surface area contributed by atoms with Gasteiger partial charge in [0.15, 0.2) is 0 Å². The van der Waals surface area contributed by atoms with Crippen molar-refractivity contribution in [1.82, 2.24) is 10.9 Å². The van der Waals surface area contributed by atoms with Gasteiger partial charge in [0.25, 0.3) is 5.91 Å². The minimum atomic E-state index is -0.443. The number of nitrogens with one attached hydrogen (secondary N) is 2. The quantitative estimate of drug-likeness (QED) is 0.500. The van der Waals surface area contributed by atoms with Gasteiger partial charge in [-0.3, -0.25) is 20.4 Å². The van der Waals surface area contributed by atoms with E-state index >= 15 is 0 Å².